The standard InChI is InChI=1S/C49H69N11O20/c1-4-23(2)39(59-46(76)34(22-62)57-41(71)28(50)14-15-37(67)68)47(77)55-31(19-38(69)70)44(74)60-40(24(3)63)48(78)54-29(16-26-10-12-27(64)13-11-26)42(72)52-20-36(66)53-30(18-35(51)65)43(73)58-33(21-61)45(75)56-32(49(79)80)17-25-8-6-5-7-9-25/h5-13,23-24,28-34,39-40,61-64H,4,14-22,50H2,1-3H3,(H2,51,65)(H,52,72)(H,53,66)(H,54,78)(H,55,77)(H,56,75)(H,57,71)(H,58,73)(H,59,76)(H,60,74)(H,67,68)(H,69,70)(H,79,80)/t23-,24+,28-,29-,30-,31-,32-,33-,34-,39-,40-/m0/s1. The minimum atomic E-state index is -2.03. The molecule has 0 fully saturated rings. The van der Waals surface area contributed by atoms with E-state index in [1.165, 1.54) is 31.2 Å². The highest BCUT2D eigenvalue weighted by Crippen LogP contribution is 2.14. The highest BCUT2D eigenvalue weighted by atomic mass is 16.4. The maximum atomic E-state index is 13.9. The predicted octanol–water partition coefficient (Wildman–Crippen LogP) is -6.79. The van der Waals surface area contributed by atoms with E-state index < -0.39 is 189 Å². The molecule has 0 radical (unpaired) electrons. The molecule has 0 spiro atoms. The van der Waals surface area contributed by atoms with Crippen LogP contribution in [0.25, 0.3) is 0 Å². The summed E-state index contributed by atoms with van der Waals surface area (Å²) in [5.74, 6) is -17.2. The number of primary amides is 1. The Morgan fingerprint density at radius 1 is 0.525 bits per heavy atom. The maximum Gasteiger partial charge on any atom is 0.326 e. The van der Waals surface area contributed by atoms with Gasteiger partial charge in [-0.2, -0.15) is 0 Å². The van der Waals surface area contributed by atoms with Crippen molar-refractivity contribution in [3.63, 3.8) is 0 Å². The number of hydrogen-bond acceptors (Lipinski definition) is 18. The first kappa shape index (κ1) is 67.3. The summed E-state index contributed by atoms with van der Waals surface area (Å²) in [7, 11) is 0. The highest BCUT2D eigenvalue weighted by molar-refractivity contribution is 5.99. The van der Waals surface area contributed by atoms with Gasteiger partial charge >= 0.3 is 17.9 Å². The van der Waals surface area contributed by atoms with Crippen molar-refractivity contribution in [2.45, 2.75) is 126 Å². The zero-order chi connectivity index (χ0) is 60.4. The Kier molecular flexibility index (Phi) is 28.2. The maximum absolute atomic E-state index is 13.9. The summed E-state index contributed by atoms with van der Waals surface area (Å²) in [5.41, 5.74) is 11.8. The second-order valence-corrected chi connectivity index (χ2v) is 18.3. The van der Waals surface area contributed by atoms with Crippen molar-refractivity contribution >= 4 is 77.0 Å². The van der Waals surface area contributed by atoms with Gasteiger partial charge in [-0.15, -0.1) is 0 Å². The quantitative estimate of drug-likeness (QED) is 0.0305. The molecule has 80 heavy (non-hydrogen) atoms. The Morgan fingerprint density at radius 2 is 0.988 bits per heavy atom. The second kappa shape index (κ2) is 33.5. The Labute approximate surface area is 456 Å². The van der Waals surface area contributed by atoms with Crippen molar-refractivity contribution < 1.29 is 98.1 Å². The summed E-state index contributed by atoms with van der Waals surface area (Å²) in [5, 5.41) is 88.4. The van der Waals surface area contributed by atoms with E-state index in [4.69, 9.17) is 16.6 Å². The Morgan fingerprint density at radius 3 is 1.51 bits per heavy atom. The number of amides is 10. The number of nitrogens with two attached hydrogens (primary N) is 2. The third-order valence-corrected chi connectivity index (χ3v) is 11.9. The first-order chi connectivity index (χ1) is 37.6. The fourth-order valence-electron chi connectivity index (χ4n) is 7.22. The zero-order valence-corrected chi connectivity index (χ0v) is 43.7. The molecule has 0 aliphatic carbocycles. The number of aliphatic carboxylic acids is 3. The smallest absolute Gasteiger partial charge is 0.326 e. The van der Waals surface area contributed by atoms with Crippen molar-refractivity contribution in [1.82, 2.24) is 47.9 Å². The lowest BCUT2D eigenvalue weighted by Crippen LogP contribution is -2.62. The van der Waals surface area contributed by atoms with Crippen LogP contribution in [0.3, 0.4) is 0 Å². The third kappa shape index (κ3) is 23.4. The predicted molar refractivity (Wildman–Crippen MR) is 274 cm³/mol. The van der Waals surface area contributed by atoms with Gasteiger partial charge in [0.1, 0.15) is 54.1 Å². The first-order valence-electron chi connectivity index (χ1n) is 24.7. The van der Waals surface area contributed by atoms with Gasteiger partial charge in [0.05, 0.1) is 44.7 Å². The van der Waals surface area contributed by atoms with Gasteiger partial charge in [0.15, 0.2) is 0 Å². The molecule has 0 aliphatic heterocycles. The lowest BCUT2D eigenvalue weighted by atomic mass is 9.97. The number of hydrogen-bond donors (Lipinski definition) is 18. The fraction of sp³-hybridized carbons (Fsp3) is 0.490. The second-order valence-electron chi connectivity index (χ2n) is 18.3. The number of nitrogens with one attached hydrogen (secondary N) is 9. The summed E-state index contributed by atoms with van der Waals surface area (Å²) in [6.45, 7) is 1.00. The molecule has 2 rings (SSSR count). The molecular weight excluding hydrogens is 1060 g/mol. The largest absolute Gasteiger partial charge is 0.508 e. The van der Waals surface area contributed by atoms with E-state index in [9.17, 15) is 93.0 Å². The molecule has 11 atom stereocenters. The van der Waals surface area contributed by atoms with Crippen LogP contribution in [-0.2, 0) is 75.2 Å². The van der Waals surface area contributed by atoms with Crippen LogP contribution in [0.4, 0.5) is 0 Å². The molecule has 31 heteroatoms. The van der Waals surface area contributed by atoms with E-state index in [0.717, 1.165) is 6.92 Å². The number of rotatable bonds is 35. The number of aromatic hydroxyl groups is 1. The first-order valence-corrected chi connectivity index (χ1v) is 24.7. The third-order valence-electron chi connectivity index (χ3n) is 11.9. The Bertz CT molecular complexity index is 2520. The van der Waals surface area contributed by atoms with Gasteiger partial charge < -0.3 is 95.1 Å². The van der Waals surface area contributed by atoms with Gasteiger partial charge in [0.2, 0.25) is 59.1 Å². The molecule has 0 unspecified atom stereocenters. The van der Waals surface area contributed by atoms with Gasteiger partial charge in [-0.25, -0.2) is 4.79 Å². The van der Waals surface area contributed by atoms with E-state index in [1.54, 1.807) is 37.3 Å². The number of carboxylic acids is 3. The number of phenolic OH excluding ortho intramolecular Hbond substituents is 1. The molecule has 2 aromatic rings. The molecule has 31 nitrogen and oxygen atoms in total. The summed E-state index contributed by atoms with van der Waals surface area (Å²) in [6.07, 6.45) is -5.11. The number of carbonyl (C=O) groups is 13. The van der Waals surface area contributed by atoms with Crippen molar-refractivity contribution in [3.05, 3.63) is 65.7 Å². The van der Waals surface area contributed by atoms with Crippen LogP contribution in [-0.4, -0.2) is 193 Å². The Balaban J connectivity index is 2.30. The Hall–Kier alpha value is -8.81. The van der Waals surface area contributed by atoms with Crippen LogP contribution >= 0.6 is 0 Å². The molecular formula is C49H69N11O20. The summed E-state index contributed by atoms with van der Waals surface area (Å²) in [4.78, 5) is 167. The average molecular weight is 1130 g/mol. The van der Waals surface area contributed by atoms with Crippen LogP contribution in [0, 0.1) is 5.92 Å². The molecule has 10 amide bonds. The summed E-state index contributed by atoms with van der Waals surface area (Å²) >= 11 is 0. The topological polar surface area (TPSA) is 524 Å². The number of phenols is 1. The van der Waals surface area contributed by atoms with Crippen LogP contribution in [0.15, 0.2) is 54.6 Å². The minimum Gasteiger partial charge on any atom is -0.508 e. The van der Waals surface area contributed by atoms with Gasteiger partial charge in [-0.3, -0.25) is 57.5 Å². The SMILES string of the molecule is CC[C@H](C)[C@H](NC(=O)[C@H](CO)NC(=O)[C@@H](N)CCC(=O)O)C(=O)N[C@@H](CC(=O)O)C(=O)N[C@H](C(=O)N[C@@H](Cc1ccc(O)cc1)C(=O)NCC(=O)N[C@@H](CC(N)=O)C(=O)N[C@@H](CO)C(=O)N[C@@H](Cc1ccccc1)C(=O)O)[C@@H](C)O. The molecule has 20 N–H and O–H groups in total. The van der Waals surface area contributed by atoms with E-state index in [2.05, 4.69) is 47.9 Å². The van der Waals surface area contributed by atoms with Gasteiger partial charge in [0, 0.05) is 19.3 Å². The summed E-state index contributed by atoms with van der Waals surface area (Å²) < 4.78 is 0. The monoisotopic (exact) mass is 1130 g/mol. The average Bonchev–Trinajstić information content (AvgIpc) is 3.39. The van der Waals surface area contributed by atoms with Gasteiger partial charge in [-0.1, -0.05) is 62.7 Å². The lowest BCUT2D eigenvalue weighted by Gasteiger charge is -2.29. The van der Waals surface area contributed by atoms with Crippen molar-refractivity contribution in [3.8, 4) is 5.75 Å². The van der Waals surface area contributed by atoms with Crippen molar-refractivity contribution in [1.29, 1.82) is 0 Å². The molecule has 0 aliphatic rings. The summed E-state index contributed by atoms with van der Waals surface area (Å²) in [6, 6.07) is -2.35. The molecule has 2 aromatic carbocycles. The van der Waals surface area contributed by atoms with E-state index in [1.807, 2.05) is 0 Å². The molecule has 0 aromatic heterocycles. The number of carbonyl (C=O) groups excluding carboxylic acids is 10. The highest BCUT2D eigenvalue weighted by Gasteiger charge is 2.37. The number of aliphatic hydroxyl groups is 3. The number of carboxylic acid groups (broad SMARTS) is 3. The lowest BCUT2D eigenvalue weighted by molar-refractivity contribution is -0.143. The van der Waals surface area contributed by atoms with Crippen LogP contribution in [0.5, 0.6) is 5.75 Å². The number of aliphatic hydroxyl groups excluding tert-OH is 3. The van der Waals surface area contributed by atoms with Crippen LogP contribution < -0.4 is 59.3 Å². The molecule has 0 saturated heterocycles. The van der Waals surface area contributed by atoms with Gasteiger partial charge in [0.25, 0.3) is 0 Å². The van der Waals surface area contributed by atoms with E-state index in [0.29, 0.717) is 5.56 Å². The minimum absolute atomic E-state index is 0.174. The zero-order valence-electron chi connectivity index (χ0n) is 43.7. The van der Waals surface area contributed by atoms with Crippen molar-refractivity contribution in [2.24, 2.45) is 17.4 Å². The van der Waals surface area contributed by atoms with E-state index >= 15 is 0 Å². The fourth-order valence-corrected chi connectivity index (χ4v) is 7.22. The normalized spacial score (nSPS) is 15.0. The number of benzene rings is 2. The van der Waals surface area contributed by atoms with Gasteiger partial charge in [-0.05, 0) is 42.5 Å². The molecule has 0 heterocycles. The van der Waals surface area contributed by atoms with E-state index in [-0.39, 0.29) is 30.6 Å². The molecule has 440 valence electrons. The molecule has 0 bridgehead atoms. The van der Waals surface area contributed by atoms with Crippen LogP contribution in [0.2, 0.25) is 0 Å². The van der Waals surface area contributed by atoms with Crippen LogP contribution in [0.1, 0.15) is 64.0 Å². The van der Waals surface area contributed by atoms with Crippen molar-refractivity contribution in [2.75, 3.05) is 19.8 Å². The molecule has 0 saturated carbocycles.